The molecule has 5 nitrogen and oxygen atoms in total. The average molecular weight is 275 g/mol. The van der Waals surface area contributed by atoms with Crippen LogP contribution in [0.15, 0.2) is 0 Å². The van der Waals surface area contributed by atoms with Crippen LogP contribution in [-0.2, 0) is 14.3 Å². The van der Waals surface area contributed by atoms with Gasteiger partial charge in [0.15, 0.2) is 4.87 Å². The third-order valence-corrected chi connectivity index (χ3v) is 4.31. The van der Waals surface area contributed by atoms with E-state index in [1.165, 1.54) is 11.8 Å². The van der Waals surface area contributed by atoms with Crippen molar-refractivity contribution in [2.24, 2.45) is 0 Å². The third-order valence-electron chi connectivity index (χ3n) is 2.95. The quantitative estimate of drug-likeness (QED) is 0.717. The van der Waals surface area contributed by atoms with Crippen LogP contribution in [0, 0.1) is 0 Å². The first kappa shape index (κ1) is 15.3. The molecule has 0 spiro atoms. The summed E-state index contributed by atoms with van der Waals surface area (Å²) in [6, 6.07) is -0.682. The second-order valence-electron chi connectivity index (χ2n) is 4.74. The number of aliphatic carboxylic acids is 1. The van der Waals surface area contributed by atoms with Gasteiger partial charge in [-0.25, -0.2) is 4.79 Å². The highest BCUT2D eigenvalue weighted by molar-refractivity contribution is 8.01. The Kier molecular flexibility index (Phi) is 5.47. The molecular formula is C12H21NO4S. The maximum atomic E-state index is 12.0. The Morgan fingerprint density at radius 1 is 1.61 bits per heavy atom. The molecule has 3 unspecified atom stereocenters. The first-order chi connectivity index (χ1) is 8.39. The monoisotopic (exact) mass is 275 g/mol. The molecule has 1 saturated heterocycles. The van der Waals surface area contributed by atoms with Gasteiger partial charge in [0.25, 0.3) is 0 Å². The van der Waals surface area contributed by atoms with E-state index in [0.717, 1.165) is 19.3 Å². The summed E-state index contributed by atoms with van der Waals surface area (Å²) < 4.78 is 5.35. The molecule has 0 aromatic rings. The van der Waals surface area contributed by atoms with Crippen molar-refractivity contribution in [3.63, 3.8) is 0 Å². The highest BCUT2D eigenvalue weighted by Crippen LogP contribution is 2.31. The van der Waals surface area contributed by atoms with Crippen LogP contribution in [0.25, 0.3) is 0 Å². The SMILES string of the molecule is CCCCC(C)OC(=O)C1(C)NC(C(=O)O)CS1. The second-order valence-corrected chi connectivity index (χ2v) is 6.18. The van der Waals surface area contributed by atoms with Crippen molar-refractivity contribution in [2.75, 3.05) is 5.75 Å². The lowest BCUT2D eigenvalue weighted by Crippen LogP contribution is -2.49. The highest BCUT2D eigenvalue weighted by atomic mass is 32.2. The molecular weight excluding hydrogens is 254 g/mol. The Morgan fingerprint density at radius 3 is 2.78 bits per heavy atom. The predicted octanol–water partition coefficient (Wildman–Crippen LogP) is 1.61. The molecule has 6 heteroatoms. The van der Waals surface area contributed by atoms with E-state index in [2.05, 4.69) is 12.2 Å². The molecule has 3 atom stereocenters. The lowest BCUT2D eigenvalue weighted by atomic mass is 10.2. The Hall–Kier alpha value is -0.750. The minimum atomic E-state index is -0.941. The van der Waals surface area contributed by atoms with Crippen LogP contribution in [0.3, 0.4) is 0 Å². The number of carbonyl (C=O) groups excluding carboxylic acids is 1. The van der Waals surface area contributed by atoms with Crippen molar-refractivity contribution in [3.8, 4) is 0 Å². The summed E-state index contributed by atoms with van der Waals surface area (Å²) in [5.41, 5.74) is 0. The van der Waals surface area contributed by atoms with Crippen LogP contribution in [-0.4, -0.2) is 39.8 Å². The van der Waals surface area contributed by atoms with Gasteiger partial charge in [-0.3, -0.25) is 10.1 Å². The number of rotatable bonds is 6. The maximum absolute atomic E-state index is 12.0. The van der Waals surface area contributed by atoms with Crippen molar-refractivity contribution in [2.45, 2.75) is 57.1 Å². The van der Waals surface area contributed by atoms with E-state index in [1.54, 1.807) is 6.92 Å². The van der Waals surface area contributed by atoms with Gasteiger partial charge in [0.05, 0.1) is 6.10 Å². The van der Waals surface area contributed by atoms with Gasteiger partial charge < -0.3 is 9.84 Å². The number of unbranched alkanes of at least 4 members (excludes halogenated alkanes) is 1. The fourth-order valence-corrected chi connectivity index (χ4v) is 2.88. The molecule has 0 bridgehead atoms. The summed E-state index contributed by atoms with van der Waals surface area (Å²) in [6.45, 7) is 5.63. The number of carboxylic acids is 1. The van der Waals surface area contributed by atoms with Crippen molar-refractivity contribution >= 4 is 23.7 Å². The number of thioether (sulfide) groups is 1. The molecule has 0 aliphatic carbocycles. The Balaban J connectivity index is 2.48. The smallest absolute Gasteiger partial charge is 0.336 e. The number of nitrogens with one attached hydrogen (secondary N) is 1. The fourth-order valence-electron chi connectivity index (χ4n) is 1.76. The molecule has 104 valence electrons. The lowest BCUT2D eigenvalue weighted by molar-refractivity contribution is -0.152. The molecule has 0 radical (unpaired) electrons. The summed E-state index contributed by atoms with van der Waals surface area (Å²) in [7, 11) is 0. The first-order valence-electron chi connectivity index (χ1n) is 6.24. The van der Waals surface area contributed by atoms with Crippen LogP contribution in [0.4, 0.5) is 0 Å². The Labute approximate surface area is 112 Å². The molecule has 0 aromatic heterocycles. The standard InChI is InChI=1S/C12H21NO4S/c1-4-5-6-8(2)17-11(16)12(3)13-9(7-18-12)10(14)15/h8-9,13H,4-7H2,1-3H3,(H,14,15). The van der Waals surface area contributed by atoms with Crippen molar-refractivity contribution in [1.29, 1.82) is 0 Å². The van der Waals surface area contributed by atoms with E-state index in [4.69, 9.17) is 9.84 Å². The van der Waals surface area contributed by atoms with Crippen LogP contribution in [0.5, 0.6) is 0 Å². The van der Waals surface area contributed by atoms with Crippen molar-refractivity contribution in [1.82, 2.24) is 5.32 Å². The summed E-state index contributed by atoms with van der Waals surface area (Å²) in [5, 5.41) is 11.7. The van der Waals surface area contributed by atoms with Gasteiger partial charge in [0, 0.05) is 5.75 Å². The largest absolute Gasteiger partial charge is 0.480 e. The van der Waals surface area contributed by atoms with Gasteiger partial charge >= 0.3 is 11.9 Å². The number of hydrogen-bond acceptors (Lipinski definition) is 5. The summed E-state index contributed by atoms with van der Waals surface area (Å²) in [6.07, 6.45) is 2.79. The maximum Gasteiger partial charge on any atom is 0.336 e. The zero-order valence-electron chi connectivity index (χ0n) is 11.1. The van der Waals surface area contributed by atoms with Gasteiger partial charge in [-0.2, -0.15) is 0 Å². The number of hydrogen-bond donors (Lipinski definition) is 2. The van der Waals surface area contributed by atoms with Gasteiger partial charge in [0.1, 0.15) is 6.04 Å². The van der Waals surface area contributed by atoms with E-state index in [-0.39, 0.29) is 12.1 Å². The van der Waals surface area contributed by atoms with E-state index >= 15 is 0 Å². The van der Waals surface area contributed by atoms with Crippen molar-refractivity contribution in [3.05, 3.63) is 0 Å². The minimum absolute atomic E-state index is 0.124. The van der Waals surface area contributed by atoms with Gasteiger partial charge in [0.2, 0.25) is 0 Å². The topological polar surface area (TPSA) is 75.6 Å². The first-order valence-corrected chi connectivity index (χ1v) is 7.23. The minimum Gasteiger partial charge on any atom is -0.480 e. The summed E-state index contributed by atoms with van der Waals surface area (Å²) >= 11 is 1.29. The van der Waals surface area contributed by atoms with Crippen LogP contribution >= 0.6 is 11.8 Å². The molecule has 1 fully saturated rings. The lowest BCUT2D eigenvalue weighted by Gasteiger charge is -2.24. The molecule has 1 aliphatic heterocycles. The zero-order chi connectivity index (χ0) is 13.8. The molecule has 2 N–H and O–H groups in total. The Morgan fingerprint density at radius 2 is 2.28 bits per heavy atom. The van der Waals surface area contributed by atoms with Crippen LogP contribution in [0.1, 0.15) is 40.0 Å². The molecule has 0 amide bonds. The predicted molar refractivity (Wildman–Crippen MR) is 70.5 cm³/mol. The van der Waals surface area contributed by atoms with Gasteiger partial charge in [-0.15, -0.1) is 11.8 Å². The van der Waals surface area contributed by atoms with E-state index in [1.807, 2.05) is 6.92 Å². The average Bonchev–Trinajstić information content (AvgIpc) is 2.71. The number of esters is 1. The number of carbonyl (C=O) groups is 2. The van der Waals surface area contributed by atoms with E-state index in [0.29, 0.717) is 5.75 Å². The summed E-state index contributed by atoms with van der Waals surface area (Å²) in [5.74, 6) is -0.928. The third kappa shape index (κ3) is 3.88. The van der Waals surface area contributed by atoms with Gasteiger partial charge in [-0.1, -0.05) is 19.8 Å². The normalized spacial score (nSPS) is 28.9. The molecule has 0 aromatic carbocycles. The molecule has 0 saturated carbocycles. The zero-order valence-corrected chi connectivity index (χ0v) is 11.9. The number of ether oxygens (including phenoxy) is 1. The van der Waals surface area contributed by atoms with E-state index < -0.39 is 16.9 Å². The number of carboxylic acid groups (broad SMARTS) is 1. The molecule has 1 rings (SSSR count). The highest BCUT2D eigenvalue weighted by Gasteiger charge is 2.45. The van der Waals surface area contributed by atoms with Crippen molar-refractivity contribution < 1.29 is 19.4 Å². The van der Waals surface area contributed by atoms with E-state index in [9.17, 15) is 9.59 Å². The Bertz CT molecular complexity index is 323. The van der Waals surface area contributed by atoms with Crippen LogP contribution < -0.4 is 5.32 Å². The molecule has 1 aliphatic rings. The van der Waals surface area contributed by atoms with Crippen LogP contribution in [0.2, 0.25) is 0 Å². The second kappa shape index (κ2) is 6.43. The fraction of sp³-hybridized carbons (Fsp3) is 0.833. The molecule has 18 heavy (non-hydrogen) atoms. The summed E-state index contributed by atoms with van der Waals surface area (Å²) in [4.78, 5) is 21.9. The molecule has 1 heterocycles. The van der Waals surface area contributed by atoms with Gasteiger partial charge in [-0.05, 0) is 20.3 Å².